The molecule has 1 nitrogen and oxygen atoms in total. The van der Waals surface area contributed by atoms with Crippen molar-refractivity contribution in [1.29, 1.82) is 0 Å². The third-order valence-electron chi connectivity index (χ3n) is 0.956. The van der Waals surface area contributed by atoms with Crippen LogP contribution in [0, 0.1) is 24.2 Å². The molecule has 0 aromatic heterocycles. The van der Waals surface area contributed by atoms with Gasteiger partial charge in [0.05, 0.1) is 0 Å². The predicted octanol–water partition coefficient (Wildman–Crippen LogP) is 3.99. The number of allylic oxidation sites excluding steroid dienone is 2. The molecule has 0 saturated heterocycles. The second kappa shape index (κ2) is 36.5. The Labute approximate surface area is 110 Å². The van der Waals surface area contributed by atoms with Crippen molar-refractivity contribution in [2.75, 3.05) is 20.6 Å². The summed E-state index contributed by atoms with van der Waals surface area (Å²) in [6.45, 7) is 13.6. The van der Waals surface area contributed by atoms with Gasteiger partial charge in [-0.15, -0.1) is 30.8 Å². The molecule has 0 spiro atoms. The van der Waals surface area contributed by atoms with Gasteiger partial charge in [0.25, 0.3) is 0 Å². The molecule has 1 heteroatoms. The maximum absolute atomic E-state index is 4.60. The van der Waals surface area contributed by atoms with Crippen molar-refractivity contribution in [2.45, 2.75) is 34.6 Å². The van der Waals surface area contributed by atoms with Crippen LogP contribution in [-0.2, 0) is 0 Å². The Bertz CT molecular complexity index is 224. The predicted molar refractivity (Wildman–Crippen MR) is 82.9 cm³/mol. The van der Waals surface area contributed by atoms with Crippen molar-refractivity contribution in [1.82, 2.24) is 4.90 Å². The Hall–Kier alpha value is -1.44. The number of rotatable bonds is 2. The van der Waals surface area contributed by atoms with Crippen LogP contribution in [-0.4, -0.2) is 25.5 Å². The fourth-order valence-electron chi connectivity index (χ4n) is 0.316. The third kappa shape index (κ3) is 181. The van der Waals surface area contributed by atoms with E-state index in [4.69, 9.17) is 0 Å². The highest BCUT2D eigenvalue weighted by atomic mass is 15.0. The van der Waals surface area contributed by atoms with Crippen molar-refractivity contribution in [3.8, 4) is 24.2 Å². The van der Waals surface area contributed by atoms with Gasteiger partial charge in [-0.05, 0) is 48.7 Å². The van der Waals surface area contributed by atoms with Gasteiger partial charge in [-0.25, -0.2) is 0 Å². The fourth-order valence-corrected chi connectivity index (χ4v) is 0.316. The molecule has 0 aliphatic carbocycles. The lowest BCUT2D eigenvalue weighted by atomic mass is 10.5. The third-order valence-corrected chi connectivity index (χ3v) is 0.956. The average molecular weight is 235 g/mol. The summed E-state index contributed by atoms with van der Waals surface area (Å²) >= 11 is 0. The molecule has 0 unspecified atom stereocenters. The van der Waals surface area contributed by atoms with E-state index in [-0.39, 0.29) is 0 Å². The summed E-state index contributed by atoms with van der Waals surface area (Å²) in [6, 6.07) is 0. The Balaban J connectivity index is -0.0000000726. The summed E-state index contributed by atoms with van der Waals surface area (Å²) in [5.74, 6) is 7.61. The van der Waals surface area contributed by atoms with E-state index in [0.717, 1.165) is 6.54 Å². The average Bonchev–Trinajstić information content (AvgIpc) is 2.29. The fraction of sp³-hybridized carbons (Fsp3) is 0.500. The standard InChI is InChI=1S/C6H13N.C4H6.C3H6.C3H4/c1-4-5-6-7(2)3;1-3-4-2;2*1-3-2/h4-5H,6H2,1-3H3;1-2H3;3H,1H2,2H3;1H,2H3/b5-4+;;;. The molecular formula is C16H29N. The molecule has 0 rings (SSSR count). The Morgan fingerprint density at radius 1 is 1.12 bits per heavy atom. The topological polar surface area (TPSA) is 3.24 Å². The van der Waals surface area contributed by atoms with E-state index in [9.17, 15) is 0 Å². The van der Waals surface area contributed by atoms with Crippen LogP contribution in [0.4, 0.5) is 0 Å². The van der Waals surface area contributed by atoms with Gasteiger partial charge in [-0.2, -0.15) is 0 Å². The Kier molecular flexibility index (Phi) is 53.1. The highest BCUT2D eigenvalue weighted by Crippen LogP contribution is 1.74. The van der Waals surface area contributed by atoms with Crippen LogP contribution in [0.3, 0.4) is 0 Å². The first kappa shape index (κ1) is 24.7. The minimum Gasteiger partial charge on any atom is -0.306 e. The summed E-state index contributed by atoms with van der Waals surface area (Å²) in [5, 5.41) is 0. The number of hydrogen-bond donors (Lipinski definition) is 0. The van der Waals surface area contributed by atoms with Crippen molar-refractivity contribution in [3.63, 3.8) is 0 Å². The van der Waals surface area contributed by atoms with Crippen molar-refractivity contribution >= 4 is 0 Å². The van der Waals surface area contributed by atoms with Crippen LogP contribution in [0.2, 0.25) is 0 Å². The van der Waals surface area contributed by atoms with E-state index in [2.05, 4.69) is 61.9 Å². The maximum atomic E-state index is 4.60. The second-order valence-corrected chi connectivity index (χ2v) is 3.03. The molecule has 0 fully saturated rings. The SMILES string of the molecule is C#CC.C/C=C/CN(C)C.C=CC.CC#CC. The lowest BCUT2D eigenvalue weighted by Gasteiger charge is -2.02. The number of likely N-dealkylation sites (N-methyl/N-ethyl adjacent to an activating group) is 1. The largest absolute Gasteiger partial charge is 0.306 e. The van der Waals surface area contributed by atoms with Crippen molar-refractivity contribution in [2.24, 2.45) is 0 Å². The zero-order valence-corrected chi connectivity index (χ0v) is 12.7. The van der Waals surface area contributed by atoms with Gasteiger partial charge in [-0.3, -0.25) is 0 Å². The molecule has 98 valence electrons. The molecule has 17 heavy (non-hydrogen) atoms. The molecule has 0 saturated carbocycles. The first-order valence-electron chi connectivity index (χ1n) is 5.55. The van der Waals surface area contributed by atoms with Gasteiger partial charge in [-0.1, -0.05) is 18.2 Å². The number of terminal acetylenes is 1. The molecule has 0 radical (unpaired) electrons. The first-order valence-corrected chi connectivity index (χ1v) is 5.55. The van der Waals surface area contributed by atoms with Crippen molar-refractivity contribution in [3.05, 3.63) is 24.8 Å². The molecule has 0 bridgehead atoms. The Morgan fingerprint density at radius 2 is 1.41 bits per heavy atom. The summed E-state index contributed by atoms with van der Waals surface area (Å²) in [6.07, 6.45) is 10.5. The minimum absolute atomic E-state index is 1.05. The van der Waals surface area contributed by atoms with Crippen LogP contribution in [0.15, 0.2) is 24.8 Å². The maximum Gasteiger partial charge on any atom is 0.0157 e. The molecule has 0 heterocycles. The number of hydrogen-bond acceptors (Lipinski definition) is 1. The van der Waals surface area contributed by atoms with Gasteiger partial charge >= 0.3 is 0 Å². The molecule has 0 aliphatic rings. The zero-order valence-electron chi connectivity index (χ0n) is 12.7. The van der Waals surface area contributed by atoms with Gasteiger partial charge in [0, 0.05) is 6.54 Å². The van der Waals surface area contributed by atoms with Crippen LogP contribution in [0.5, 0.6) is 0 Å². The van der Waals surface area contributed by atoms with E-state index >= 15 is 0 Å². The normalized spacial score (nSPS) is 6.76. The van der Waals surface area contributed by atoms with Gasteiger partial charge in [0.2, 0.25) is 0 Å². The summed E-state index contributed by atoms with van der Waals surface area (Å²) < 4.78 is 0. The molecule has 0 aromatic rings. The molecular weight excluding hydrogens is 206 g/mol. The molecule has 0 amide bonds. The van der Waals surface area contributed by atoms with Crippen LogP contribution >= 0.6 is 0 Å². The molecule has 0 atom stereocenters. The molecule has 0 aromatic carbocycles. The molecule has 0 aliphatic heterocycles. The van der Waals surface area contributed by atoms with Crippen molar-refractivity contribution < 1.29 is 0 Å². The van der Waals surface area contributed by atoms with Gasteiger partial charge < -0.3 is 4.90 Å². The second-order valence-electron chi connectivity index (χ2n) is 3.03. The van der Waals surface area contributed by atoms with Gasteiger partial charge in [0.15, 0.2) is 0 Å². The summed E-state index contributed by atoms with van der Waals surface area (Å²) in [4.78, 5) is 2.12. The lowest BCUT2D eigenvalue weighted by Crippen LogP contribution is -2.10. The zero-order chi connectivity index (χ0) is 14.5. The van der Waals surface area contributed by atoms with Crippen LogP contribution in [0.25, 0.3) is 0 Å². The van der Waals surface area contributed by atoms with E-state index < -0.39 is 0 Å². The Morgan fingerprint density at radius 3 is 1.47 bits per heavy atom. The summed E-state index contributed by atoms with van der Waals surface area (Å²) in [5.41, 5.74) is 0. The number of nitrogens with zero attached hydrogens (tertiary/aromatic N) is 1. The van der Waals surface area contributed by atoms with E-state index in [0.29, 0.717) is 0 Å². The highest BCUT2D eigenvalue weighted by molar-refractivity contribution is 4.89. The summed E-state index contributed by atoms with van der Waals surface area (Å²) in [7, 11) is 4.11. The van der Waals surface area contributed by atoms with E-state index in [1.165, 1.54) is 0 Å². The smallest absolute Gasteiger partial charge is 0.0157 e. The van der Waals surface area contributed by atoms with Crippen LogP contribution < -0.4 is 0 Å². The first-order chi connectivity index (χ1) is 8.01. The lowest BCUT2D eigenvalue weighted by molar-refractivity contribution is 0.456. The minimum atomic E-state index is 1.05. The van der Waals surface area contributed by atoms with E-state index in [1.54, 1.807) is 13.0 Å². The highest BCUT2D eigenvalue weighted by Gasteiger charge is 1.77. The van der Waals surface area contributed by atoms with Gasteiger partial charge in [0.1, 0.15) is 0 Å². The van der Waals surface area contributed by atoms with Crippen LogP contribution in [0.1, 0.15) is 34.6 Å². The van der Waals surface area contributed by atoms with E-state index in [1.807, 2.05) is 27.7 Å². The monoisotopic (exact) mass is 235 g/mol. The quantitative estimate of drug-likeness (QED) is 0.517. The molecule has 0 N–H and O–H groups in total.